The number of amides is 3. The lowest BCUT2D eigenvalue weighted by atomic mass is 9.78. The molecule has 0 radical (unpaired) electrons. The second kappa shape index (κ2) is 9.73. The summed E-state index contributed by atoms with van der Waals surface area (Å²) in [4.78, 5) is 40.6. The molecule has 0 saturated heterocycles. The zero-order chi connectivity index (χ0) is 23.7. The molecule has 5 nitrogen and oxygen atoms in total. The molecule has 1 fully saturated rings. The van der Waals surface area contributed by atoms with Crippen LogP contribution >= 0.6 is 0 Å². The maximum absolute atomic E-state index is 13.5. The number of carbonyl (C=O) groups is 3. The summed E-state index contributed by atoms with van der Waals surface area (Å²) in [5.41, 5.74) is 5.01. The van der Waals surface area contributed by atoms with Crippen LogP contribution in [0.25, 0.3) is 0 Å². The van der Waals surface area contributed by atoms with Crippen molar-refractivity contribution in [1.82, 2.24) is 10.2 Å². The maximum Gasteiger partial charge on any atom is 0.261 e. The van der Waals surface area contributed by atoms with Crippen molar-refractivity contribution in [3.63, 3.8) is 0 Å². The van der Waals surface area contributed by atoms with Gasteiger partial charge in [0.15, 0.2) is 0 Å². The first-order valence-electron chi connectivity index (χ1n) is 12.9. The van der Waals surface area contributed by atoms with Gasteiger partial charge in [-0.1, -0.05) is 50.1 Å². The highest BCUT2D eigenvalue weighted by atomic mass is 16.2. The molecule has 3 unspecified atom stereocenters. The van der Waals surface area contributed by atoms with Gasteiger partial charge in [-0.05, 0) is 79.7 Å². The van der Waals surface area contributed by atoms with Gasteiger partial charge >= 0.3 is 0 Å². The number of fused-ring (bicyclic) bond motifs is 2. The lowest BCUT2D eigenvalue weighted by Gasteiger charge is -2.34. The number of benzene rings is 2. The van der Waals surface area contributed by atoms with Crippen molar-refractivity contribution in [2.45, 2.75) is 70.8 Å². The number of nitrogens with zero attached hydrogens (tertiary/aromatic N) is 1. The SMILES string of the molecule is CCC(NC(=O)C1CCCCC1CN1C(=O)c2ccccc2C1=O)c1ccc2c(c1)CCCC2. The lowest BCUT2D eigenvalue weighted by molar-refractivity contribution is -0.128. The molecule has 2 aromatic rings. The Morgan fingerprint density at radius 2 is 1.62 bits per heavy atom. The highest BCUT2D eigenvalue weighted by Crippen LogP contribution is 2.34. The van der Waals surface area contributed by atoms with Crippen molar-refractivity contribution >= 4 is 17.7 Å². The van der Waals surface area contributed by atoms with Gasteiger partial charge in [-0.3, -0.25) is 19.3 Å². The molecule has 1 N–H and O–H groups in total. The minimum absolute atomic E-state index is 0.00278. The second-order valence-electron chi connectivity index (χ2n) is 10.1. The molecule has 178 valence electrons. The fourth-order valence-electron chi connectivity index (χ4n) is 6.08. The molecular formula is C29H34N2O3. The third-order valence-corrected chi connectivity index (χ3v) is 8.04. The predicted molar refractivity (Wildman–Crippen MR) is 132 cm³/mol. The van der Waals surface area contributed by atoms with Crippen molar-refractivity contribution in [2.24, 2.45) is 11.8 Å². The van der Waals surface area contributed by atoms with Crippen LogP contribution in [-0.2, 0) is 17.6 Å². The molecule has 1 saturated carbocycles. The number of carbonyl (C=O) groups excluding carboxylic acids is 3. The predicted octanol–water partition coefficient (Wildman–Crippen LogP) is 5.24. The maximum atomic E-state index is 13.5. The molecule has 3 amide bonds. The summed E-state index contributed by atoms with van der Waals surface area (Å²) in [6.45, 7) is 2.43. The number of rotatable bonds is 6. The van der Waals surface area contributed by atoms with Crippen LogP contribution in [0.4, 0.5) is 0 Å². The van der Waals surface area contributed by atoms with Crippen molar-refractivity contribution < 1.29 is 14.4 Å². The Hall–Kier alpha value is -2.95. The van der Waals surface area contributed by atoms with Crippen LogP contribution in [0.15, 0.2) is 42.5 Å². The van der Waals surface area contributed by atoms with Crippen LogP contribution in [0.1, 0.15) is 95.3 Å². The first-order valence-corrected chi connectivity index (χ1v) is 12.9. The van der Waals surface area contributed by atoms with Crippen LogP contribution in [0, 0.1) is 11.8 Å². The quantitative estimate of drug-likeness (QED) is 0.603. The van der Waals surface area contributed by atoms with E-state index in [1.165, 1.54) is 34.4 Å². The van der Waals surface area contributed by atoms with Gasteiger partial charge in [0.05, 0.1) is 17.2 Å². The summed E-state index contributed by atoms with van der Waals surface area (Å²) in [7, 11) is 0. The van der Waals surface area contributed by atoms with Gasteiger partial charge in [0.2, 0.25) is 5.91 Å². The van der Waals surface area contributed by atoms with E-state index < -0.39 is 0 Å². The molecule has 0 bridgehead atoms. The summed E-state index contributed by atoms with van der Waals surface area (Å²) in [6.07, 6.45) is 9.31. The average Bonchev–Trinajstić information content (AvgIpc) is 3.12. The first-order chi connectivity index (χ1) is 16.6. The van der Waals surface area contributed by atoms with Gasteiger partial charge in [-0.25, -0.2) is 0 Å². The number of aryl methyl sites for hydroxylation is 2. The van der Waals surface area contributed by atoms with Crippen LogP contribution in [0.3, 0.4) is 0 Å². The van der Waals surface area contributed by atoms with Gasteiger partial charge in [-0.2, -0.15) is 0 Å². The van der Waals surface area contributed by atoms with Gasteiger partial charge < -0.3 is 5.32 Å². The fraction of sp³-hybridized carbons (Fsp3) is 0.483. The molecule has 3 aliphatic rings. The Balaban J connectivity index is 1.29. The summed E-state index contributed by atoms with van der Waals surface area (Å²) < 4.78 is 0. The molecule has 2 aromatic carbocycles. The zero-order valence-electron chi connectivity index (χ0n) is 20.0. The van der Waals surface area contributed by atoms with E-state index >= 15 is 0 Å². The number of hydrogen-bond acceptors (Lipinski definition) is 3. The van der Waals surface area contributed by atoms with Crippen molar-refractivity contribution in [3.05, 3.63) is 70.3 Å². The third kappa shape index (κ3) is 4.28. The van der Waals surface area contributed by atoms with E-state index in [4.69, 9.17) is 0 Å². The van der Waals surface area contributed by atoms with E-state index in [2.05, 4.69) is 30.4 Å². The standard InChI is InChI=1S/C29H34N2O3/c1-2-26(21-16-15-19-9-3-4-10-20(19)17-21)30-27(32)23-12-6-5-11-22(23)18-31-28(33)24-13-7-8-14-25(24)29(31)34/h7-8,13-17,22-23,26H,2-6,9-12,18H2,1H3,(H,30,32). The number of hydrogen-bond donors (Lipinski definition) is 1. The monoisotopic (exact) mass is 458 g/mol. The Kier molecular flexibility index (Phi) is 6.53. The van der Waals surface area contributed by atoms with E-state index in [1.807, 2.05) is 0 Å². The fourth-order valence-corrected chi connectivity index (χ4v) is 6.08. The average molecular weight is 459 g/mol. The minimum atomic E-state index is -0.231. The molecule has 2 aliphatic carbocycles. The molecular weight excluding hydrogens is 424 g/mol. The third-order valence-electron chi connectivity index (χ3n) is 8.04. The van der Waals surface area contributed by atoms with E-state index in [9.17, 15) is 14.4 Å². The first kappa shape index (κ1) is 22.8. The molecule has 1 heterocycles. The second-order valence-corrected chi connectivity index (χ2v) is 10.1. The molecule has 34 heavy (non-hydrogen) atoms. The highest BCUT2D eigenvalue weighted by molar-refractivity contribution is 6.21. The zero-order valence-corrected chi connectivity index (χ0v) is 20.0. The number of nitrogens with one attached hydrogen (secondary N) is 1. The normalized spacial score (nSPS) is 22.8. The van der Waals surface area contributed by atoms with Crippen LogP contribution in [-0.4, -0.2) is 29.2 Å². The lowest BCUT2D eigenvalue weighted by Crippen LogP contribution is -2.44. The molecule has 5 rings (SSSR count). The Morgan fingerprint density at radius 1 is 0.941 bits per heavy atom. The van der Waals surface area contributed by atoms with Crippen molar-refractivity contribution in [2.75, 3.05) is 6.54 Å². The van der Waals surface area contributed by atoms with Gasteiger partial charge in [0.25, 0.3) is 11.8 Å². The Bertz CT molecular complexity index is 1070. The molecule has 1 aliphatic heterocycles. The summed E-state index contributed by atoms with van der Waals surface area (Å²) in [5, 5.41) is 3.33. The van der Waals surface area contributed by atoms with Crippen molar-refractivity contribution in [1.29, 1.82) is 0 Å². The van der Waals surface area contributed by atoms with E-state index in [0.29, 0.717) is 17.7 Å². The largest absolute Gasteiger partial charge is 0.349 e. The van der Waals surface area contributed by atoms with Gasteiger partial charge in [0.1, 0.15) is 0 Å². The minimum Gasteiger partial charge on any atom is -0.349 e. The molecule has 3 atom stereocenters. The topological polar surface area (TPSA) is 66.5 Å². The van der Waals surface area contributed by atoms with E-state index in [1.54, 1.807) is 24.3 Å². The Labute approximate surface area is 201 Å². The Morgan fingerprint density at radius 3 is 2.32 bits per heavy atom. The van der Waals surface area contributed by atoms with Crippen LogP contribution in [0.5, 0.6) is 0 Å². The highest BCUT2D eigenvalue weighted by Gasteiger charge is 2.40. The summed E-state index contributed by atoms with van der Waals surface area (Å²) >= 11 is 0. The summed E-state index contributed by atoms with van der Waals surface area (Å²) in [5.74, 6) is -0.579. The molecule has 5 heteroatoms. The molecule has 0 aromatic heterocycles. The van der Waals surface area contributed by atoms with E-state index in [-0.39, 0.29) is 35.6 Å². The van der Waals surface area contributed by atoms with Crippen LogP contribution < -0.4 is 5.32 Å². The van der Waals surface area contributed by atoms with Crippen molar-refractivity contribution in [3.8, 4) is 0 Å². The van der Waals surface area contributed by atoms with Crippen LogP contribution in [0.2, 0.25) is 0 Å². The smallest absolute Gasteiger partial charge is 0.261 e. The van der Waals surface area contributed by atoms with Gasteiger partial charge in [0, 0.05) is 12.5 Å². The summed E-state index contributed by atoms with van der Waals surface area (Å²) in [6, 6.07) is 13.7. The van der Waals surface area contributed by atoms with Gasteiger partial charge in [-0.15, -0.1) is 0 Å². The van der Waals surface area contributed by atoms with E-state index in [0.717, 1.165) is 44.9 Å². The molecule has 0 spiro atoms. The number of imide groups is 1.